The van der Waals surface area contributed by atoms with Gasteiger partial charge >= 0.3 is 0 Å². The van der Waals surface area contributed by atoms with E-state index in [9.17, 15) is 0 Å². The monoisotopic (exact) mass is 795 g/mol. The van der Waals surface area contributed by atoms with Gasteiger partial charge in [0.1, 0.15) is 11.8 Å². The van der Waals surface area contributed by atoms with Crippen molar-refractivity contribution in [2.24, 2.45) is 0 Å². The number of benzene rings is 5. The second-order valence-electron chi connectivity index (χ2n) is 20.7. The Morgan fingerprint density at radius 3 is 1.77 bits per heavy atom. The first-order valence-corrected chi connectivity index (χ1v) is 22.1. The van der Waals surface area contributed by atoms with Crippen molar-refractivity contribution in [1.82, 2.24) is 0 Å². The lowest BCUT2D eigenvalue weighted by Crippen LogP contribution is -2.34. The lowest BCUT2D eigenvalue weighted by Gasteiger charge is -2.42. The van der Waals surface area contributed by atoms with Crippen LogP contribution >= 0.6 is 0 Å². The summed E-state index contributed by atoms with van der Waals surface area (Å²) < 4.78 is 6.64. The van der Waals surface area contributed by atoms with Gasteiger partial charge < -0.3 is 14.2 Å². The maximum Gasteiger partial charge on any atom is 0.136 e. The van der Waals surface area contributed by atoms with Crippen LogP contribution in [0.1, 0.15) is 133 Å². The van der Waals surface area contributed by atoms with Gasteiger partial charge in [-0.1, -0.05) is 104 Å². The van der Waals surface area contributed by atoms with E-state index in [0.717, 1.165) is 64.4 Å². The van der Waals surface area contributed by atoms with Crippen molar-refractivity contribution >= 4 is 39.4 Å². The predicted molar refractivity (Wildman–Crippen MR) is 258 cm³/mol. The Hall–Kier alpha value is -5.28. The second kappa shape index (κ2) is 14.7. The standard InChI is InChI=1S/C57H66N2O/c1-15-41(16-2)58(42-19-17-18-40(30-42)53-38(5)26-36(3)27-39(53)6)44-28-37(4)29-45(31-44)59(43-20-21-47-48(32-43)55(9,10)23-22-54(47,7)8)51-35-60-52-34-50-49(33-46(51)52)56(11,12)24-25-57(50,13)14/h15-21,26-35H,1,22-25H2,2-14H3/b41-16+. The molecule has 0 atom stereocenters. The summed E-state index contributed by atoms with van der Waals surface area (Å²) in [6.07, 6.45) is 10.8. The Kier molecular flexibility index (Phi) is 10.2. The Balaban J connectivity index is 1.37. The smallest absolute Gasteiger partial charge is 0.136 e. The number of anilines is 5. The first-order chi connectivity index (χ1) is 28.2. The molecule has 0 unspecified atom stereocenters. The molecular weight excluding hydrogens is 729 g/mol. The van der Waals surface area contributed by atoms with Gasteiger partial charge in [0.25, 0.3) is 0 Å². The summed E-state index contributed by atoms with van der Waals surface area (Å²) in [4.78, 5) is 4.82. The molecule has 0 radical (unpaired) electrons. The molecule has 0 amide bonds. The fraction of sp³-hybridized carbons (Fsp3) is 0.368. The molecular formula is C57H66N2O. The highest BCUT2D eigenvalue weighted by molar-refractivity contribution is 5.98. The highest BCUT2D eigenvalue weighted by Crippen LogP contribution is 2.52. The number of allylic oxidation sites excluding steroid dienone is 2. The Bertz CT molecular complexity index is 2670. The van der Waals surface area contributed by atoms with Crippen LogP contribution in [0.3, 0.4) is 0 Å². The van der Waals surface area contributed by atoms with E-state index in [1.807, 2.05) is 12.3 Å². The fourth-order valence-corrected chi connectivity index (χ4v) is 10.6. The first kappa shape index (κ1) is 41.5. The topological polar surface area (TPSA) is 19.6 Å². The fourth-order valence-electron chi connectivity index (χ4n) is 10.6. The third-order valence-electron chi connectivity index (χ3n) is 14.3. The molecule has 0 bridgehead atoms. The number of rotatable bonds is 8. The highest BCUT2D eigenvalue weighted by Gasteiger charge is 2.40. The van der Waals surface area contributed by atoms with E-state index >= 15 is 0 Å². The summed E-state index contributed by atoms with van der Waals surface area (Å²) >= 11 is 0. The van der Waals surface area contributed by atoms with Crippen LogP contribution < -0.4 is 9.80 Å². The van der Waals surface area contributed by atoms with Gasteiger partial charge in [-0.3, -0.25) is 0 Å². The molecule has 5 aromatic carbocycles. The zero-order chi connectivity index (χ0) is 43.1. The molecule has 0 saturated carbocycles. The van der Waals surface area contributed by atoms with E-state index in [4.69, 9.17) is 4.42 Å². The number of hydrogen-bond acceptors (Lipinski definition) is 3. The van der Waals surface area contributed by atoms with E-state index in [2.05, 4.69) is 197 Å². The van der Waals surface area contributed by atoms with Crippen LogP contribution in [0.25, 0.3) is 22.1 Å². The molecule has 1 aromatic heterocycles. The van der Waals surface area contributed by atoms with Crippen molar-refractivity contribution in [3.8, 4) is 11.1 Å². The van der Waals surface area contributed by atoms with E-state index in [1.54, 1.807) is 0 Å². The molecule has 0 spiro atoms. The minimum atomic E-state index is 0.0538. The Labute approximate surface area is 360 Å². The van der Waals surface area contributed by atoms with Gasteiger partial charge in [0.05, 0.1) is 5.69 Å². The van der Waals surface area contributed by atoms with Gasteiger partial charge in [0, 0.05) is 33.8 Å². The normalized spacial score (nSPS) is 17.5. The van der Waals surface area contributed by atoms with Crippen molar-refractivity contribution in [2.75, 3.05) is 9.80 Å². The third-order valence-corrected chi connectivity index (χ3v) is 14.3. The van der Waals surface area contributed by atoms with Crippen molar-refractivity contribution in [3.05, 3.63) is 160 Å². The molecule has 60 heavy (non-hydrogen) atoms. The molecule has 3 nitrogen and oxygen atoms in total. The second-order valence-corrected chi connectivity index (χ2v) is 20.7. The lowest BCUT2D eigenvalue weighted by atomic mass is 9.63. The van der Waals surface area contributed by atoms with E-state index in [-0.39, 0.29) is 21.7 Å². The largest absolute Gasteiger partial charge is 0.462 e. The van der Waals surface area contributed by atoms with Gasteiger partial charge in [-0.15, -0.1) is 0 Å². The van der Waals surface area contributed by atoms with Crippen LogP contribution in [-0.4, -0.2) is 0 Å². The van der Waals surface area contributed by atoms with Gasteiger partial charge in [0.15, 0.2) is 0 Å². The third kappa shape index (κ3) is 7.12. The maximum atomic E-state index is 6.64. The quantitative estimate of drug-likeness (QED) is 0.143. The van der Waals surface area contributed by atoms with E-state index < -0.39 is 0 Å². The summed E-state index contributed by atoms with van der Waals surface area (Å²) in [5, 5.41) is 1.15. The molecule has 6 aromatic rings. The van der Waals surface area contributed by atoms with Crippen molar-refractivity contribution in [1.29, 1.82) is 0 Å². The Morgan fingerprint density at radius 1 is 0.583 bits per heavy atom. The molecule has 2 aliphatic rings. The average molecular weight is 795 g/mol. The Morgan fingerprint density at radius 2 is 1.15 bits per heavy atom. The number of furan rings is 1. The zero-order valence-corrected chi connectivity index (χ0v) is 38.7. The zero-order valence-electron chi connectivity index (χ0n) is 38.7. The number of hydrogen-bond donors (Lipinski definition) is 0. The van der Waals surface area contributed by atoms with Gasteiger partial charge in [-0.05, 0) is 193 Å². The molecule has 8 rings (SSSR count). The van der Waals surface area contributed by atoms with E-state index in [1.165, 1.54) is 62.1 Å². The van der Waals surface area contributed by atoms with E-state index in [0.29, 0.717) is 0 Å². The lowest BCUT2D eigenvalue weighted by molar-refractivity contribution is 0.332. The summed E-state index contributed by atoms with van der Waals surface area (Å²) in [5.41, 5.74) is 21.0. The molecule has 0 fully saturated rings. The van der Waals surface area contributed by atoms with Crippen LogP contribution in [-0.2, 0) is 21.7 Å². The van der Waals surface area contributed by atoms with Crippen molar-refractivity contribution in [3.63, 3.8) is 0 Å². The predicted octanol–water partition coefficient (Wildman–Crippen LogP) is 16.7. The van der Waals surface area contributed by atoms with Gasteiger partial charge in [-0.2, -0.15) is 0 Å². The van der Waals surface area contributed by atoms with Gasteiger partial charge in [0.2, 0.25) is 0 Å². The van der Waals surface area contributed by atoms with Crippen LogP contribution in [0.15, 0.2) is 120 Å². The summed E-state index contributed by atoms with van der Waals surface area (Å²) in [6.45, 7) is 34.5. The molecule has 2 aliphatic carbocycles. The van der Waals surface area contributed by atoms with Gasteiger partial charge in [-0.25, -0.2) is 0 Å². The number of nitrogens with zero attached hydrogens (tertiary/aromatic N) is 2. The first-order valence-electron chi connectivity index (χ1n) is 22.1. The number of aryl methyl sites for hydroxylation is 4. The van der Waals surface area contributed by atoms with Crippen LogP contribution in [0.2, 0.25) is 0 Å². The minimum absolute atomic E-state index is 0.0538. The summed E-state index contributed by atoms with van der Waals surface area (Å²) in [7, 11) is 0. The molecule has 0 aliphatic heterocycles. The molecule has 1 heterocycles. The van der Waals surface area contributed by atoms with Crippen LogP contribution in [0, 0.1) is 27.7 Å². The molecule has 3 heteroatoms. The van der Waals surface area contributed by atoms with Crippen molar-refractivity contribution < 1.29 is 4.42 Å². The SMILES string of the molecule is C=C/C(=C\C)N(c1cccc(-c2c(C)cc(C)cc2C)c1)c1cc(C)cc(N(c2ccc3c(c2)C(C)(C)CCC3(C)C)c2coc3cc4c(cc23)C(C)(C)CCC4(C)C)c1. The number of fused-ring (bicyclic) bond motifs is 3. The highest BCUT2D eigenvalue weighted by atomic mass is 16.3. The molecule has 0 N–H and O–H groups in total. The summed E-state index contributed by atoms with van der Waals surface area (Å²) in [6, 6.07) is 32.6. The van der Waals surface area contributed by atoms with Crippen molar-refractivity contribution in [2.45, 2.75) is 137 Å². The van der Waals surface area contributed by atoms with Crippen LogP contribution in [0.5, 0.6) is 0 Å². The molecule has 0 saturated heterocycles. The molecule has 310 valence electrons. The maximum absolute atomic E-state index is 6.64. The van der Waals surface area contributed by atoms with Crippen LogP contribution in [0.4, 0.5) is 28.4 Å². The summed E-state index contributed by atoms with van der Waals surface area (Å²) in [5.74, 6) is 0. The minimum Gasteiger partial charge on any atom is -0.462 e. The average Bonchev–Trinajstić information content (AvgIpc) is 3.59.